The first-order valence-corrected chi connectivity index (χ1v) is 13.6. The van der Waals surface area contributed by atoms with Gasteiger partial charge in [0.25, 0.3) is 23.4 Å². The van der Waals surface area contributed by atoms with E-state index in [9.17, 15) is 29.3 Å². The molecule has 41 heavy (non-hydrogen) atoms. The molecule has 5 rings (SSSR count). The van der Waals surface area contributed by atoms with Crippen LogP contribution in [0.25, 0.3) is 0 Å². The number of nitro benzene ring substituents is 1. The summed E-state index contributed by atoms with van der Waals surface area (Å²) in [5.41, 5.74) is 0.200. The molecule has 0 radical (unpaired) electrons. The van der Waals surface area contributed by atoms with Gasteiger partial charge in [-0.3, -0.25) is 29.3 Å². The number of nitrogens with zero attached hydrogens (tertiary/aromatic N) is 3. The number of carbonyl (C=O) groups excluding carboxylic acids is 4. The van der Waals surface area contributed by atoms with Crippen LogP contribution in [0.15, 0.2) is 66.7 Å². The first-order chi connectivity index (χ1) is 19.6. The van der Waals surface area contributed by atoms with Crippen LogP contribution in [0.5, 0.6) is 11.5 Å². The lowest BCUT2D eigenvalue weighted by Crippen LogP contribution is -2.52. The summed E-state index contributed by atoms with van der Waals surface area (Å²) in [5, 5.41) is 12.9. The van der Waals surface area contributed by atoms with Gasteiger partial charge in [0.2, 0.25) is 0 Å². The standard InChI is InChI=1S/C29H23Cl2N3O7/c30-24-14-7-18(15-25(24)31)27(36)32(33-28(37)22-3-1-2-4-23(22)29(33)38)16-26(35)17-5-10-20(11-6-17)41-21-12-8-19(9-13-21)34(39)40/h5-15,22-23H,1-4,16H2/t22-,23-/m1/s1. The van der Waals surface area contributed by atoms with Crippen LogP contribution in [-0.2, 0) is 9.59 Å². The molecule has 210 valence electrons. The number of ketones is 1. The highest BCUT2D eigenvalue weighted by Crippen LogP contribution is 2.39. The normalized spacial score (nSPS) is 18.1. The molecule has 1 heterocycles. The third-order valence-corrected chi connectivity index (χ3v) is 7.95. The number of imide groups is 1. The molecule has 3 aromatic rings. The second-order valence-electron chi connectivity index (χ2n) is 9.78. The quantitative estimate of drug-likeness (QED) is 0.133. The molecule has 0 N–H and O–H groups in total. The monoisotopic (exact) mass is 595 g/mol. The third kappa shape index (κ3) is 5.79. The molecule has 0 bridgehead atoms. The number of Topliss-reactive ketones (excluding diaryl/α,β-unsaturated/α-hetero) is 1. The van der Waals surface area contributed by atoms with E-state index in [2.05, 4.69) is 0 Å². The van der Waals surface area contributed by atoms with E-state index in [1.807, 2.05) is 0 Å². The Morgan fingerprint density at radius 2 is 1.39 bits per heavy atom. The molecule has 0 spiro atoms. The van der Waals surface area contributed by atoms with E-state index < -0.39 is 46.8 Å². The largest absolute Gasteiger partial charge is 0.457 e. The van der Waals surface area contributed by atoms with Crippen molar-refractivity contribution in [1.82, 2.24) is 10.0 Å². The van der Waals surface area contributed by atoms with Gasteiger partial charge < -0.3 is 4.74 Å². The number of hydrazine groups is 1. The van der Waals surface area contributed by atoms with Crippen LogP contribution in [0.4, 0.5) is 5.69 Å². The molecule has 3 aromatic carbocycles. The van der Waals surface area contributed by atoms with E-state index in [4.69, 9.17) is 27.9 Å². The molecule has 1 aliphatic heterocycles. The molecular formula is C29H23Cl2N3O7. The predicted molar refractivity (Wildman–Crippen MR) is 149 cm³/mol. The van der Waals surface area contributed by atoms with Crippen LogP contribution in [-0.4, -0.2) is 45.0 Å². The van der Waals surface area contributed by atoms with Crippen molar-refractivity contribution in [1.29, 1.82) is 0 Å². The number of fused-ring (bicyclic) bond motifs is 1. The van der Waals surface area contributed by atoms with Gasteiger partial charge in [-0.05, 0) is 67.4 Å². The van der Waals surface area contributed by atoms with Crippen molar-refractivity contribution in [2.45, 2.75) is 25.7 Å². The van der Waals surface area contributed by atoms with Gasteiger partial charge in [-0.25, -0.2) is 5.01 Å². The molecule has 1 saturated carbocycles. The molecule has 1 aliphatic carbocycles. The number of halogens is 2. The number of non-ortho nitro benzene ring substituents is 1. The molecule has 2 atom stereocenters. The van der Waals surface area contributed by atoms with Crippen molar-refractivity contribution in [3.05, 3.63) is 98.0 Å². The number of hydrogen-bond acceptors (Lipinski definition) is 7. The number of nitro groups is 1. The van der Waals surface area contributed by atoms with Crippen molar-refractivity contribution in [3.8, 4) is 11.5 Å². The minimum absolute atomic E-state index is 0.0644. The van der Waals surface area contributed by atoms with Crippen molar-refractivity contribution >= 4 is 52.4 Å². The fourth-order valence-electron chi connectivity index (χ4n) is 5.10. The van der Waals surface area contributed by atoms with E-state index >= 15 is 0 Å². The highest BCUT2D eigenvalue weighted by atomic mass is 35.5. The van der Waals surface area contributed by atoms with Crippen molar-refractivity contribution in [2.24, 2.45) is 11.8 Å². The first-order valence-electron chi connectivity index (χ1n) is 12.8. The van der Waals surface area contributed by atoms with Gasteiger partial charge in [-0.2, -0.15) is 5.01 Å². The topological polar surface area (TPSA) is 127 Å². The van der Waals surface area contributed by atoms with E-state index in [0.29, 0.717) is 24.3 Å². The summed E-state index contributed by atoms with van der Waals surface area (Å²) in [7, 11) is 0. The Morgan fingerprint density at radius 3 is 1.93 bits per heavy atom. The summed E-state index contributed by atoms with van der Waals surface area (Å²) in [6, 6.07) is 15.7. The van der Waals surface area contributed by atoms with Crippen molar-refractivity contribution in [2.75, 3.05) is 6.54 Å². The average molecular weight is 596 g/mol. The molecular weight excluding hydrogens is 573 g/mol. The minimum Gasteiger partial charge on any atom is -0.457 e. The summed E-state index contributed by atoms with van der Waals surface area (Å²) in [6.45, 7) is -0.571. The Labute approximate surface area is 244 Å². The number of rotatable bonds is 8. The molecule has 1 saturated heterocycles. The summed E-state index contributed by atoms with van der Waals surface area (Å²) in [4.78, 5) is 64.0. The Morgan fingerprint density at radius 1 is 0.854 bits per heavy atom. The van der Waals surface area contributed by atoms with Gasteiger partial charge in [-0.15, -0.1) is 0 Å². The zero-order valence-electron chi connectivity index (χ0n) is 21.5. The predicted octanol–water partition coefficient (Wildman–Crippen LogP) is 6.11. The summed E-state index contributed by atoms with van der Waals surface area (Å²) in [6.07, 6.45) is 2.71. The summed E-state index contributed by atoms with van der Waals surface area (Å²) < 4.78 is 5.69. The van der Waals surface area contributed by atoms with Crippen LogP contribution in [0.1, 0.15) is 46.4 Å². The second-order valence-corrected chi connectivity index (χ2v) is 10.6. The lowest BCUT2D eigenvalue weighted by Gasteiger charge is -2.30. The average Bonchev–Trinajstić information content (AvgIpc) is 3.22. The van der Waals surface area contributed by atoms with E-state index in [0.717, 1.165) is 22.9 Å². The Balaban J connectivity index is 1.38. The van der Waals surface area contributed by atoms with Gasteiger partial charge in [-0.1, -0.05) is 36.0 Å². The maximum atomic E-state index is 13.6. The van der Waals surface area contributed by atoms with Crippen molar-refractivity contribution in [3.63, 3.8) is 0 Å². The van der Waals surface area contributed by atoms with Gasteiger partial charge >= 0.3 is 0 Å². The summed E-state index contributed by atoms with van der Waals surface area (Å²) in [5.74, 6) is -2.56. The SMILES string of the molecule is O=C(CN(C(=O)c1ccc(Cl)c(Cl)c1)N1C(=O)[C@@H]2CCCC[C@H]2C1=O)c1ccc(Oc2ccc([N+](=O)[O-])cc2)cc1. The van der Waals surface area contributed by atoms with Gasteiger partial charge in [0.15, 0.2) is 5.78 Å². The van der Waals surface area contributed by atoms with Gasteiger partial charge in [0.1, 0.15) is 18.0 Å². The maximum Gasteiger partial charge on any atom is 0.273 e. The third-order valence-electron chi connectivity index (χ3n) is 7.21. The lowest BCUT2D eigenvalue weighted by molar-refractivity contribution is -0.384. The molecule has 2 aliphatic rings. The smallest absolute Gasteiger partial charge is 0.273 e. The fourth-order valence-corrected chi connectivity index (χ4v) is 5.40. The van der Waals surface area contributed by atoms with Crippen LogP contribution in [0.3, 0.4) is 0 Å². The number of benzene rings is 3. The Bertz CT molecular complexity index is 1520. The van der Waals surface area contributed by atoms with E-state index in [-0.39, 0.29) is 26.9 Å². The maximum absolute atomic E-state index is 13.6. The van der Waals surface area contributed by atoms with E-state index in [1.54, 1.807) is 0 Å². The molecule has 12 heteroatoms. The highest BCUT2D eigenvalue weighted by Gasteiger charge is 2.51. The molecule has 2 fully saturated rings. The molecule has 10 nitrogen and oxygen atoms in total. The lowest BCUT2D eigenvalue weighted by atomic mass is 9.81. The van der Waals surface area contributed by atoms with Gasteiger partial charge in [0.05, 0.1) is 26.8 Å². The number of amides is 3. The van der Waals surface area contributed by atoms with Crippen LogP contribution < -0.4 is 4.74 Å². The summed E-state index contributed by atoms with van der Waals surface area (Å²) >= 11 is 12.1. The van der Waals surface area contributed by atoms with Crippen LogP contribution in [0, 0.1) is 22.0 Å². The molecule has 0 aromatic heterocycles. The van der Waals surface area contributed by atoms with Crippen molar-refractivity contribution < 1.29 is 28.8 Å². The van der Waals surface area contributed by atoms with Gasteiger partial charge in [0, 0.05) is 23.3 Å². The molecule has 0 unspecified atom stereocenters. The number of carbonyl (C=O) groups is 4. The Kier molecular flexibility index (Phi) is 8.05. The fraction of sp³-hybridized carbons (Fsp3) is 0.241. The Hall–Kier alpha value is -4.28. The van der Waals surface area contributed by atoms with Crippen LogP contribution >= 0.6 is 23.2 Å². The molecule has 3 amide bonds. The zero-order chi connectivity index (χ0) is 29.3. The highest BCUT2D eigenvalue weighted by molar-refractivity contribution is 6.42. The number of hydrogen-bond donors (Lipinski definition) is 0. The first kappa shape index (κ1) is 28.3. The number of ether oxygens (including phenoxy) is 1. The minimum atomic E-state index is -0.740. The second kappa shape index (κ2) is 11.7. The van der Waals surface area contributed by atoms with E-state index in [1.165, 1.54) is 66.7 Å². The van der Waals surface area contributed by atoms with Crippen LogP contribution in [0.2, 0.25) is 10.0 Å². The zero-order valence-corrected chi connectivity index (χ0v) is 23.0.